The Morgan fingerprint density at radius 3 is 2.30 bits per heavy atom. The van der Waals surface area contributed by atoms with E-state index in [1.54, 1.807) is 30.3 Å². The molecule has 2 N–H and O–H groups in total. The van der Waals surface area contributed by atoms with E-state index in [0.717, 1.165) is 17.0 Å². The molecule has 1 amide bonds. The number of aromatic nitrogens is 1. The summed E-state index contributed by atoms with van der Waals surface area (Å²) in [6.07, 6.45) is 0. The van der Waals surface area contributed by atoms with Gasteiger partial charge in [-0.05, 0) is 42.0 Å². The first-order valence-electron chi connectivity index (χ1n) is 10.1. The van der Waals surface area contributed by atoms with Gasteiger partial charge in [-0.1, -0.05) is 59.6 Å². The molecule has 1 heterocycles. The second kappa shape index (κ2) is 8.18. The van der Waals surface area contributed by atoms with Crippen molar-refractivity contribution in [2.24, 2.45) is 5.73 Å². The number of nitrogens with zero attached hydrogens (tertiary/aromatic N) is 1. The van der Waals surface area contributed by atoms with Crippen LogP contribution in [0.2, 0.25) is 10.0 Å². The highest BCUT2D eigenvalue weighted by molar-refractivity contribution is 6.39. The van der Waals surface area contributed by atoms with Crippen molar-refractivity contribution in [1.82, 2.24) is 4.57 Å². The Hall–Kier alpha value is -3.41. The number of nitrogens with two attached hydrogens (primary N) is 1. The summed E-state index contributed by atoms with van der Waals surface area (Å²) in [5, 5.41) is 2.37. The molecule has 0 radical (unpaired) electrons. The summed E-state index contributed by atoms with van der Waals surface area (Å²) in [4.78, 5) is 12.2. The predicted octanol–water partition coefficient (Wildman–Crippen LogP) is 7.19. The highest BCUT2D eigenvalue weighted by Crippen LogP contribution is 2.39. The molecule has 0 spiro atoms. The van der Waals surface area contributed by atoms with E-state index in [0.29, 0.717) is 37.6 Å². The zero-order chi connectivity index (χ0) is 23.3. The van der Waals surface area contributed by atoms with Crippen molar-refractivity contribution in [1.29, 1.82) is 0 Å². The molecule has 0 aliphatic carbocycles. The Morgan fingerprint density at radius 1 is 0.879 bits per heavy atom. The zero-order valence-electron chi connectivity index (χ0n) is 17.1. The van der Waals surface area contributed by atoms with Crippen LogP contribution in [0.5, 0.6) is 0 Å². The van der Waals surface area contributed by atoms with Gasteiger partial charge in [-0.3, -0.25) is 4.79 Å². The molecular formula is C26H16Cl2F2N2O. The van der Waals surface area contributed by atoms with E-state index < -0.39 is 17.5 Å². The molecule has 0 bridgehead atoms. The molecule has 33 heavy (non-hydrogen) atoms. The number of benzene rings is 4. The summed E-state index contributed by atoms with van der Waals surface area (Å²) in [6, 6.07) is 20.1. The molecule has 0 saturated heterocycles. The maximum atomic E-state index is 14.6. The minimum atomic E-state index is -0.922. The van der Waals surface area contributed by atoms with Gasteiger partial charge in [0, 0.05) is 37.5 Å². The zero-order valence-corrected chi connectivity index (χ0v) is 18.6. The smallest absolute Gasteiger partial charge is 0.249 e. The Labute approximate surface area is 197 Å². The second-order valence-corrected chi connectivity index (χ2v) is 8.51. The van der Waals surface area contributed by atoms with Crippen LogP contribution in [0.3, 0.4) is 0 Å². The number of hydrogen-bond acceptors (Lipinski definition) is 1. The fraction of sp³-hybridized carbons (Fsp3) is 0.0385. The van der Waals surface area contributed by atoms with Gasteiger partial charge >= 0.3 is 0 Å². The molecule has 0 aliphatic heterocycles. The molecule has 0 saturated carbocycles. The lowest BCUT2D eigenvalue weighted by molar-refractivity contribution is 0.100. The van der Waals surface area contributed by atoms with E-state index >= 15 is 0 Å². The van der Waals surface area contributed by atoms with Crippen molar-refractivity contribution in [3.63, 3.8) is 0 Å². The third-order valence-electron chi connectivity index (χ3n) is 5.77. The first-order chi connectivity index (χ1) is 15.9. The van der Waals surface area contributed by atoms with Crippen LogP contribution in [0.4, 0.5) is 8.78 Å². The van der Waals surface area contributed by atoms with Gasteiger partial charge in [0.05, 0.1) is 17.6 Å². The van der Waals surface area contributed by atoms with Gasteiger partial charge in [-0.15, -0.1) is 0 Å². The van der Waals surface area contributed by atoms with E-state index in [2.05, 4.69) is 0 Å². The average Bonchev–Trinajstić information content (AvgIpc) is 3.10. The van der Waals surface area contributed by atoms with Crippen molar-refractivity contribution < 1.29 is 13.6 Å². The number of carbonyl (C=O) groups is 1. The second-order valence-electron chi connectivity index (χ2n) is 7.69. The Morgan fingerprint density at radius 2 is 1.58 bits per heavy atom. The van der Waals surface area contributed by atoms with E-state index in [9.17, 15) is 13.6 Å². The van der Waals surface area contributed by atoms with E-state index in [4.69, 9.17) is 28.9 Å². The molecule has 5 aromatic rings. The Kier molecular flexibility index (Phi) is 5.31. The van der Waals surface area contributed by atoms with Gasteiger partial charge in [0.1, 0.15) is 0 Å². The lowest BCUT2D eigenvalue weighted by Gasteiger charge is -2.11. The third kappa shape index (κ3) is 3.54. The van der Waals surface area contributed by atoms with Crippen LogP contribution in [0.25, 0.3) is 32.9 Å². The molecule has 164 valence electrons. The fourth-order valence-electron chi connectivity index (χ4n) is 4.29. The largest absolute Gasteiger partial charge is 0.366 e. The van der Waals surface area contributed by atoms with Crippen molar-refractivity contribution in [2.75, 3.05) is 0 Å². The molecule has 7 heteroatoms. The number of halogens is 4. The summed E-state index contributed by atoms with van der Waals surface area (Å²) >= 11 is 12.8. The van der Waals surface area contributed by atoms with Crippen LogP contribution in [0.1, 0.15) is 15.9 Å². The van der Waals surface area contributed by atoms with Gasteiger partial charge < -0.3 is 10.3 Å². The quantitative estimate of drug-likeness (QED) is 0.290. The maximum absolute atomic E-state index is 14.6. The highest BCUT2D eigenvalue weighted by Gasteiger charge is 2.19. The van der Waals surface area contributed by atoms with E-state index in [1.807, 2.05) is 28.8 Å². The van der Waals surface area contributed by atoms with E-state index in [1.165, 1.54) is 12.1 Å². The van der Waals surface area contributed by atoms with Gasteiger partial charge in [-0.25, -0.2) is 8.78 Å². The molecule has 5 rings (SSSR count). The molecule has 0 atom stereocenters. The van der Waals surface area contributed by atoms with Gasteiger partial charge in [0.25, 0.3) is 0 Å². The van der Waals surface area contributed by atoms with Crippen LogP contribution in [0.15, 0.2) is 72.8 Å². The minimum Gasteiger partial charge on any atom is -0.366 e. The van der Waals surface area contributed by atoms with Crippen LogP contribution >= 0.6 is 23.2 Å². The van der Waals surface area contributed by atoms with Crippen molar-refractivity contribution in [2.45, 2.75) is 6.54 Å². The minimum absolute atomic E-state index is 0.0471. The third-order valence-corrected chi connectivity index (χ3v) is 6.40. The number of carbonyl (C=O) groups excluding carboxylic acids is 1. The summed E-state index contributed by atoms with van der Waals surface area (Å²) < 4.78 is 30.3. The maximum Gasteiger partial charge on any atom is 0.249 e. The number of hydrogen-bond donors (Lipinski definition) is 1. The first kappa shape index (κ1) is 21.4. The van der Waals surface area contributed by atoms with Gasteiger partial charge in [-0.2, -0.15) is 0 Å². The van der Waals surface area contributed by atoms with Crippen LogP contribution in [-0.2, 0) is 6.54 Å². The fourth-order valence-corrected chi connectivity index (χ4v) is 4.91. The summed E-state index contributed by atoms with van der Waals surface area (Å²) in [6.45, 7) is 0.0471. The van der Waals surface area contributed by atoms with E-state index in [-0.39, 0.29) is 12.1 Å². The van der Waals surface area contributed by atoms with Crippen LogP contribution in [-0.4, -0.2) is 10.5 Å². The molecule has 4 aromatic carbocycles. The van der Waals surface area contributed by atoms with Crippen molar-refractivity contribution in [3.05, 3.63) is 106 Å². The summed E-state index contributed by atoms with van der Waals surface area (Å²) in [7, 11) is 0. The molecular weight excluding hydrogens is 465 g/mol. The molecule has 0 aliphatic rings. The number of primary amides is 1. The lowest BCUT2D eigenvalue weighted by atomic mass is 10.0. The SMILES string of the molecule is NC(=O)c1cccc2c1c1ccc(-c3c(Cl)cccc3Cl)cc1n2Cc1cccc(F)c1F. The number of rotatable bonds is 4. The average molecular weight is 481 g/mol. The Balaban J connectivity index is 1.85. The lowest BCUT2D eigenvalue weighted by Crippen LogP contribution is -2.11. The standard InChI is InChI=1S/C26H16Cl2F2N2O/c27-18-6-3-7-19(28)23(18)14-10-11-16-22(12-14)32(13-15-4-1-8-20(29)25(15)30)21-9-2-5-17(24(16)21)26(31)33/h1-12H,13H2,(H2,31,33). The molecule has 0 unspecified atom stereocenters. The monoisotopic (exact) mass is 480 g/mol. The highest BCUT2D eigenvalue weighted by atomic mass is 35.5. The predicted molar refractivity (Wildman–Crippen MR) is 129 cm³/mol. The number of fused-ring (bicyclic) bond motifs is 3. The van der Waals surface area contributed by atoms with Crippen molar-refractivity contribution in [3.8, 4) is 11.1 Å². The van der Waals surface area contributed by atoms with Gasteiger partial charge in [0.15, 0.2) is 11.6 Å². The van der Waals surface area contributed by atoms with Crippen molar-refractivity contribution >= 4 is 50.9 Å². The Bertz CT molecular complexity index is 1560. The first-order valence-corrected chi connectivity index (χ1v) is 10.8. The van der Waals surface area contributed by atoms with Crippen LogP contribution in [0, 0.1) is 11.6 Å². The topological polar surface area (TPSA) is 48.0 Å². The van der Waals surface area contributed by atoms with Crippen LogP contribution < -0.4 is 5.73 Å². The molecule has 3 nitrogen and oxygen atoms in total. The number of amides is 1. The molecule has 0 fully saturated rings. The normalized spacial score (nSPS) is 11.4. The summed E-state index contributed by atoms with van der Waals surface area (Å²) in [5.41, 5.74) is 8.96. The summed E-state index contributed by atoms with van der Waals surface area (Å²) in [5.74, 6) is -2.41. The van der Waals surface area contributed by atoms with Gasteiger partial charge in [0.2, 0.25) is 5.91 Å². The molecule has 1 aromatic heterocycles.